The van der Waals surface area contributed by atoms with Crippen LogP contribution in [0.3, 0.4) is 0 Å². The topological polar surface area (TPSA) is 23.9 Å². The number of hydrogen-bond donors (Lipinski definition) is 1. The van der Waals surface area contributed by atoms with E-state index in [1.54, 1.807) is 11.8 Å². The van der Waals surface area contributed by atoms with E-state index in [9.17, 15) is 0 Å². The summed E-state index contributed by atoms with van der Waals surface area (Å²) in [7, 11) is 0. The summed E-state index contributed by atoms with van der Waals surface area (Å²) in [5, 5.41) is 8.71. The molecule has 1 saturated carbocycles. The lowest BCUT2D eigenvalue weighted by atomic mass is 9.98. The van der Waals surface area contributed by atoms with E-state index >= 15 is 0 Å². The van der Waals surface area contributed by atoms with Crippen molar-refractivity contribution >= 4 is 16.8 Å². The highest BCUT2D eigenvalue weighted by molar-refractivity contribution is 8.13. The Kier molecular flexibility index (Phi) is 4.05. The molecule has 0 saturated heterocycles. The first-order chi connectivity index (χ1) is 7.78. The van der Waals surface area contributed by atoms with E-state index in [4.69, 9.17) is 5.41 Å². The van der Waals surface area contributed by atoms with Crippen LogP contribution in [0, 0.1) is 17.2 Å². The fourth-order valence-corrected chi connectivity index (χ4v) is 2.69. The lowest BCUT2D eigenvalue weighted by Gasteiger charge is -2.12. The SMILES string of the molecule is C=CC1C=CC(CSC(=N)CC2CC2)=CC1. The summed E-state index contributed by atoms with van der Waals surface area (Å²) in [6.07, 6.45) is 13.4. The van der Waals surface area contributed by atoms with Crippen LogP contribution in [0.4, 0.5) is 0 Å². The van der Waals surface area contributed by atoms with Crippen molar-refractivity contribution in [3.05, 3.63) is 36.5 Å². The van der Waals surface area contributed by atoms with E-state index in [-0.39, 0.29) is 0 Å². The van der Waals surface area contributed by atoms with Crippen molar-refractivity contribution in [1.82, 2.24) is 0 Å². The van der Waals surface area contributed by atoms with Crippen LogP contribution in [0.2, 0.25) is 0 Å². The number of hydrogen-bond acceptors (Lipinski definition) is 2. The average molecular weight is 233 g/mol. The predicted molar refractivity (Wildman–Crippen MR) is 73.1 cm³/mol. The zero-order valence-electron chi connectivity index (χ0n) is 9.61. The molecule has 0 aromatic heterocycles. The van der Waals surface area contributed by atoms with Gasteiger partial charge in [0, 0.05) is 5.75 Å². The lowest BCUT2D eigenvalue weighted by Crippen LogP contribution is -2.00. The Morgan fingerprint density at radius 2 is 2.38 bits per heavy atom. The Morgan fingerprint density at radius 1 is 1.56 bits per heavy atom. The maximum atomic E-state index is 7.85. The molecule has 0 aromatic rings. The quantitative estimate of drug-likeness (QED) is 0.430. The van der Waals surface area contributed by atoms with Gasteiger partial charge in [-0.25, -0.2) is 0 Å². The second-order valence-corrected chi connectivity index (χ2v) is 5.70. The smallest absolute Gasteiger partial charge is 0.0647 e. The molecule has 86 valence electrons. The maximum absolute atomic E-state index is 7.85. The van der Waals surface area contributed by atoms with Crippen LogP contribution in [-0.4, -0.2) is 10.8 Å². The van der Waals surface area contributed by atoms with Crippen LogP contribution >= 0.6 is 11.8 Å². The summed E-state index contributed by atoms with van der Waals surface area (Å²) in [4.78, 5) is 0. The van der Waals surface area contributed by atoms with Gasteiger partial charge in [0.25, 0.3) is 0 Å². The lowest BCUT2D eigenvalue weighted by molar-refractivity contribution is 0.817. The molecule has 2 heteroatoms. The molecule has 2 rings (SSSR count). The van der Waals surface area contributed by atoms with Crippen LogP contribution in [0.25, 0.3) is 0 Å². The van der Waals surface area contributed by atoms with Crippen molar-refractivity contribution in [2.75, 3.05) is 5.75 Å². The first-order valence-electron chi connectivity index (χ1n) is 5.98. The fourth-order valence-electron chi connectivity index (χ4n) is 1.78. The molecule has 1 N–H and O–H groups in total. The first-order valence-corrected chi connectivity index (χ1v) is 6.96. The van der Waals surface area contributed by atoms with Gasteiger partial charge < -0.3 is 0 Å². The van der Waals surface area contributed by atoms with Crippen molar-refractivity contribution in [3.8, 4) is 0 Å². The molecule has 1 nitrogen and oxygen atoms in total. The molecule has 2 aliphatic carbocycles. The van der Waals surface area contributed by atoms with Gasteiger partial charge in [-0.1, -0.05) is 24.3 Å². The van der Waals surface area contributed by atoms with Gasteiger partial charge in [0.05, 0.1) is 5.04 Å². The molecule has 1 atom stereocenters. The molecular formula is C14H19NS. The summed E-state index contributed by atoms with van der Waals surface area (Å²) < 4.78 is 0. The zero-order chi connectivity index (χ0) is 11.4. The summed E-state index contributed by atoms with van der Waals surface area (Å²) in [6.45, 7) is 3.80. The second-order valence-electron chi connectivity index (χ2n) is 4.63. The van der Waals surface area contributed by atoms with E-state index in [0.717, 1.165) is 29.6 Å². The molecule has 0 amide bonds. The highest BCUT2D eigenvalue weighted by Gasteiger charge is 2.22. The van der Waals surface area contributed by atoms with Gasteiger partial charge in [0.15, 0.2) is 0 Å². The van der Waals surface area contributed by atoms with Crippen LogP contribution in [0.1, 0.15) is 25.7 Å². The number of nitrogens with one attached hydrogen (secondary N) is 1. The van der Waals surface area contributed by atoms with E-state index < -0.39 is 0 Å². The molecule has 1 unspecified atom stereocenters. The molecule has 0 spiro atoms. The minimum Gasteiger partial charge on any atom is -0.298 e. The molecule has 0 aliphatic heterocycles. The van der Waals surface area contributed by atoms with E-state index in [1.807, 2.05) is 6.08 Å². The Hall–Kier alpha value is -0.760. The van der Waals surface area contributed by atoms with Crippen LogP contribution in [0.5, 0.6) is 0 Å². The van der Waals surface area contributed by atoms with Gasteiger partial charge in [-0.15, -0.1) is 18.3 Å². The number of allylic oxidation sites excluding steroid dienone is 4. The van der Waals surface area contributed by atoms with Crippen LogP contribution in [0.15, 0.2) is 36.5 Å². The molecule has 2 aliphatic rings. The number of rotatable bonds is 5. The Morgan fingerprint density at radius 3 is 2.94 bits per heavy atom. The van der Waals surface area contributed by atoms with E-state index in [2.05, 4.69) is 24.8 Å². The Labute approximate surface area is 102 Å². The molecule has 16 heavy (non-hydrogen) atoms. The molecule has 0 aromatic carbocycles. The highest BCUT2D eigenvalue weighted by atomic mass is 32.2. The summed E-state index contributed by atoms with van der Waals surface area (Å²) in [6, 6.07) is 0. The highest BCUT2D eigenvalue weighted by Crippen LogP contribution is 2.34. The van der Waals surface area contributed by atoms with Gasteiger partial charge >= 0.3 is 0 Å². The van der Waals surface area contributed by atoms with E-state index in [1.165, 1.54) is 18.4 Å². The Bertz CT molecular complexity index is 337. The molecule has 0 radical (unpaired) electrons. The number of thioether (sulfide) groups is 1. The third kappa shape index (κ3) is 3.67. The van der Waals surface area contributed by atoms with Gasteiger partial charge in [-0.3, -0.25) is 5.41 Å². The summed E-state index contributed by atoms with van der Waals surface area (Å²) >= 11 is 1.70. The summed E-state index contributed by atoms with van der Waals surface area (Å²) in [5.41, 5.74) is 1.36. The van der Waals surface area contributed by atoms with Gasteiger partial charge in [-0.05, 0) is 43.1 Å². The minimum atomic E-state index is 0.514. The van der Waals surface area contributed by atoms with E-state index in [0.29, 0.717) is 5.92 Å². The third-order valence-electron chi connectivity index (χ3n) is 3.10. The minimum absolute atomic E-state index is 0.514. The molecule has 0 bridgehead atoms. The summed E-state index contributed by atoms with van der Waals surface area (Å²) in [5.74, 6) is 2.31. The van der Waals surface area contributed by atoms with Crippen molar-refractivity contribution in [2.45, 2.75) is 25.7 Å². The standard InChI is InChI=1S/C14H19NS/c1-2-11-3-7-13(8-4-11)10-16-14(15)9-12-5-6-12/h2-3,7-8,11-12,15H,1,4-6,9-10H2. The van der Waals surface area contributed by atoms with Crippen molar-refractivity contribution in [1.29, 1.82) is 5.41 Å². The van der Waals surface area contributed by atoms with Crippen molar-refractivity contribution in [2.24, 2.45) is 11.8 Å². The Balaban J connectivity index is 1.70. The maximum Gasteiger partial charge on any atom is 0.0647 e. The first kappa shape index (κ1) is 11.7. The second kappa shape index (κ2) is 5.53. The largest absolute Gasteiger partial charge is 0.298 e. The van der Waals surface area contributed by atoms with Gasteiger partial charge in [0.1, 0.15) is 0 Å². The van der Waals surface area contributed by atoms with Gasteiger partial charge in [0.2, 0.25) is 0 Å². The average Bonchev–Trinajstić information content (AvgIpc) is 3.11. The van der Waals surface area contributed by atoms with Crippen LogP contribution in [-0.2, 0) is 0 Å². The molecule has 0 heterocycles. The van der Waals surface area contributed by atoms with Crippen LogP contribution < -0.4 is 0 Å². The fraction of sp³-hybridized carbons (Fsp3) is 0.500. The third-order valence-corrected chi connectivity index (χ3v) is 4.09. The molecular weight excluding hydrogens is 214 g/mol. The van der Waals surface area contributed by atoms with Crippen molar-refractivity contribution in [3.63, 3.8) is 0 Å². The zero-order valence-corrected chi connectivity index (χ0v) is 10.4. The normalized spacial score (nSPS) is 24.0. The van der Waals surface area contributed by atoms with Crippen molar-refractivity contribution < 1.29 is 0 Å². The monoisotopic (exact) mass is 233 g/mol. The van der Waals surface area contributed by atoms with Gasteiger partial charge in [-0.2, -0.15) is 0 Å². The molecule has 1 fully saturated rings. The predicted octanol–water partition coefficient (Wildman–Crippen LogP) is 4.19.